The number of halogens is 7. The van der Waals surface area contributed by atoms with E-state index < -0.39 is 35.9 Å². The molecule has 0 radical (unpaired) electrons. The van der Waals surface area contributed by atoms with Crippen molar-refractivity contribution in [3.63, 3.8) is 0 Å². The van der Waals surface area contributed by atoms with E-state index in [1.54, 1.807) is 6.08 Å². The van der Waals surface area contributed by atoms with Crippen LogP contribution in [0.1, 0.15) is 45.8 Å². The Bertz CT molecular complexity index is 985. The Morgan fingerprint density at radius 2 is 1.67 bits per heavy atom. The number of alkyl halides is 6. The van der Waals surface area contributed by atoms with E-state index in [2.05, 4.69) is 5.32 Å². The SMILES string of the molecule is Cl.O=C(/C=C/c1ccc2c(c1)CCC2NCCc1cc(C(F)(F)F)cc(C(F)(F)F)c1)CO. The number of aryl methyl sites for hydroxylation is 1. The zero-order valence-electron chi connectivity index (χ0n) is 17.3. The second kappa shape index (κ2) is 10.7. The van der Waals surface area contributed by atoms with Gasteiger partial charge in [-0.15, -0.1) is 12.4 Å². The molecule has 0 saturated carbocycles. The topological polar surface area (TPSA) is 49.3 Å². The largest absolute Gasteiger partial charge is 0.416 e. The van der Waals surface area contributed by atoms with Crippen LogP contribution in [0, 0.1) is 0 Å². The quantitative estimate of drug-likeness (QED) is 0.393. The van der Waals surface area contributed by atoms with Crippen LogP contribution in [0.4, 0.5) is 26.3 Å². The molecule has 0 heterocycles. The smallest absolute Gasteiger partial charge is 0.388 e. The summed E-state index contributed by atoms with van der Waals surface area (Å²) in [6.45, 7) is -0.348. The van der Waals surface area contributed by atoms with Crippen molar-refractivity contribution in [3.05, 3.63) is 75.9 Å². The highest BCUT2D eigenvalue weighted by atomic mass is 35.5. The van der Waals surface area contributed by atoms with Crippen LogP contribution in [-0.4, -0.2) is 24.0 Å². The molecule has 2 aromatic carbocycles. The summed E-state index contributed by atoms with van der Waals surface area (Å²) in [6.07, 6.45) is -5.31. The van der Waals surface area contributed by atoms with E-state index in [1.807, 2.05) is 18.2 Å². The molecule has 0 amide bonds. The van der Waals surface area contributed by atoms with E-state index in [1.165, 1.54) is 6.08 Å². The zero-order valence-corrected chi connectivity index (χ0v) is 18.1. The Morgan fingerprint density at radius 1 is 1.03 bits per heavy atom. The summed E-state index contributed by atoms with van der Waals surface area (Å²) in [6, 6.07) is 7.19. The molecular weight excluding hydrogens is 472 g/mol. The van der Waals surface area contributed by atoms with Gasteiger partial charge in [-0.25, -0.2) is 0 Å². The van der Waals surface area contributed by atoms with Gasteiger partial charge < -0.3 is 10.4 Å². The first kappa shape index (κ1) is 26.9. The molecule has 0 aromatic heterocycles. The van der Waals surface area contributed by atoms with Crippen LogP contribution in [0.25, 0.3) is 6.08 Å². The van der Waals surface area contributed by atoms with Gasteiger partial charge >= 0.3 is 12.4 Å². The number of fused-ring (bicyclic) bond motifs is 1. The summed E-state index contributed by atoms with van der Waals surface area (Å²) in [5.74, 6) is -0.409. The first-order valence-electron chi connectivity index (χ1n) is 9.93. The van der Waals surface area contributed by atoms with E-state index >= 15 is 0 Å². The number of ketones is 1. The number of benzene rings is 2. The van der Waals surface area contributed by atoms with Gasteiger partial charge in [-0.2, -0.15) is 26.3 Å². The lowest BCUT2D eigenvalue weighted by atomic mass is 10.0. The minimum absolute atomic E-state index is 0. The number of nitrogens with one attached hydrogen (secondary N) is 1. The maximum absolute atomic E-state index is 13.0. The van der Waals surface area contributed by atoms with Gasteiger partial charge in [0.15, 0.2) is 5.78 Å². The highest BCUT2D eigenvalue weighted by Crippen LogP contribution is 2.36. The van der Waals surface area contributed by atoms with Gasteiger partial charge in [0.25, 0.3) is 0 Å². The standard InChI is InChI=1S/C23H21F6NO2.ClH/c24-22(25,26)17-10-15(11-18(12-17)23(27,28)29)7-8-30-21-6-3-16-9-14(2-5-20(16)21)1-4-19(32)13-31;/h1-2,4-5,9-12,21,30-31H,3,6-8,13H2;1H/b4-1+;. The van der Waals surface area contributed by atoms with Crippen LogP contribution in [-0.2, 0) is 30.0 Å². The van der Waals surface area contributed by atoms with Crippen molar-refractivity contribution in [2.75, 3.05) is 13.2 Å². The van der Waals surface area contributed by atoms with Crippen molar-refractivity contribution in [3.8, 4) is 0 Å². The van der Waals surface area contributed by atoms with Gasteiger partial charge in [-0.05, 0) is 72.3 Å². The normalized spacial score (nSPS) is 16.0. The van der Waals surface area contributed by atoms with Crippen LogP contribution < -0.4 is 5.32 Å². The first-order valence-corrected chi connectivity index (χ1v) is 9.93. The number of carbonyl (C=O) groups is 1. The van der Waals surface area contributed by atoms with Crippen LogP contribution in [0.2, 0.25) is 0 Å². The van der Waals surface area contributed by atoms with Gasteiger partial charge in [-0.3, -0.25) is 4.79 Å². The molecule has 1 atom stereocenters. The van der Waals surface area contributed by atoms with E-state index in [9.17, 15) is 31.1 Å². The molecular formula is C23H22ClF6NO2. The molecule has 0 spiro atoms. The third-order valence-electron chi connectivity index (χ3n) is 5.31. The number of carbonyl (C=O) groups excluding carboxylic acids is 1. The van der Waals surface area contributed by atoms with E-state index in [0.29, 0.717) is 0 Å². The molecule has 0 fully saturated rings. The Balaban J connectivity index is 0.00000385. The fourth-order valence-corrected chi connectivity index (χ4v) is 3.75. The average molecular weight is 494 g/mol. The highest BCUT2D eigenvalue weighted by molar-refractivity contribution is 5.94. The fourth-order valence-electron chi connectivity index (χ4n) is 3.75. The molecule has 180 valence electrons. The molecule has 33 heavy (non-hydrogen) atoms. The van der Waals surface area contributed by atoms with Crippen LogP contribution in [0.15, 0.2) is 42.5 Å². The number of hydrogen-bond acceptors (Lipinski definition) is 3. The number of aliphatic hydroxyl groups is 1. The predicted octanol–water partition coefficient (Wildman–Crippen LogP) is 5.54. The zero-order chi connectivity index (χ0) is 23.5. The lowest BCUT2D eigenvalue weighted by Crippen LogP contribution is -2.22. The summed E-state index contributed by atoms with van der Waals surface area (Å²) in [7, 11) is 0. The maximum atomic E-state index is 13.0. The van der Waals surface area contributed by atoms with E-state index in [0.717, 1.165) is 41.7 Å². The molecule has 2 N–H and O–H groups in total. The molecule has 1 aliphatic rings. The summed E-state index contributed by atoms with van der Waals surface area (Å²) in [5, 5.41) is 12.0. The lowest BCUT2D eigenvalue weighted by Gasteiger charge is -2.16. The van der Waals surface area contributed by atoms with Gasteiger partial charge in [0, 0.05) is 6.04 Å². The van der Waals surface area contributed by atoms with Crippen LogP contribution in [0.5, 0.6) is 0 Å². The minimum Gasteiger partial charge on any atom is -0.388 e. The summed E-state index contributed by atoms with van der Waals surface area (Å²) < 4.78 is 78.0. The van der Waals surface area contributed by atoms with Crippen molar-refractivity contribution in [2.24, 2.45) is 0 Å². The maximum Gasteiger partial charge on any atom is 0.416 e. The van der Waals surface area contributed by atoms with E-state index in [-0.39, 0.29) is 43.0 Å². The molecule has 0 aliphatic heterocycles. The third kappa shape index (κ3) is 7.06. The first-order chi connectivity index (χ1) is 15.0. The van der Waals surface area contributed by atoms with Crippen molar-refractivity contribution in [2.45, 2.75) is 37.7 Å². The Morgan fingerprint density at radius 3 is 2.24 bits per heavy atom. The van der Waals surface area contributed by atoms with Crippen molar-refractivity contribution >= 4 is 24.3 Å². The molecule has 1 unspecified atom stereocenters. The molecule has 2 aromatic rings. The molecule has 3 rings (SSSR count). The van der Waals surface area contributed by atoms with E-state index in [4.69, 9.17) is 5.11 Å². The summed E-state index contributed by atoms with van der Waals surface area (Å²) in [4.78, 5) is 11.2. The molecule has 10 heteroatoms. The Labute approximate surface area is 192 Å². The number of rotatable bonds is 7. The van der Waals surface area contributed by atoms with Crippen LogP contribution >= 0.6 is 12.4 Å². The number of hydrogen-bond donors (Lipinski definition) is 2. The van der Waals surface area contributed by atoms with Crippen molar-refractivity contribution in [1.82, 2.24) is 5.32 Å². The summed E-state index contributed by atoms with van der Waals surface area (Å²) >= 11 is 0. The van der Waals surface area contributed by atoms with Crippen LogP contribution in [0.3, 0.4) is 0 Å². The molecule has 1 aliphatic carbocycles. The second-order valence-electron chi connectivity index (χ2n) is 7.63. The third-order valence-corrected chi connectivity index (χ3v) is 5.31. The Hall–Kier alpha value is -2.36. The van der Waals surface area contributed by atoms with Gasteiger partial charge in [0.1, 0.15) is 6.61 Å². The minimum atomic E-state index is -4.86. The summed E-state index contributed by atoms with van der Waals surface area (Å²) in [5.41, 5.74) is 0.208. The van der Waals surface area contributed by atoms with Gasteiger partial charge in [-0.1, -0.05) is 24.3 Å². The van der Waals surface area contributed by atoms with Crippen molar-refractivity contribution < 1.29 is 36.2 Å². The molecule has 3 nitrogen and oxygen atoms in total. The molecule has 0 bridgehead atoms. The fraction of sp³-hybridized carbons (Fsp3) is 0.348. The predicted molar refractivity (Wildman–Crippen MR) is 114 cm³/mol. The van der Waals surface area contributed by atoms with Gasteiger partial charge in [0.2, 0.25) is 0 Å². The van der Waals surface area contributed by atoms with Gasteiger partial charge in [0.05, 0.1) is 11.1 Å². The lowest BCUT2D eigenvalue weighted by molar-refractivity contribution is -0.143. The monoisotopic (exact) mass is 493 g/mol. The second-order valence-corrected chi connectivity index (χ2v) is 7.63. The van der Waals surface area contributed by atoms with Crippen molar-refractivity contribution in [1.29, 1.82) is 0 Å². The Kier molecular flexibility index (Phi) is 8.73. The highest BCUT2D eigenvalue weighted by Gasteiger charge is 2.36. The molecule has 0 saturated heterocycles. The average Bonchev–Trinajstić information content (AvgIpc) is 3.12. The number of aliphatic hydroxyl groups excluding tert-OH is 1.